The van der Waals surface area contributed by atoms with Crippen LogP contribution in [0.25, 0.3) is 198 Å². The number of benzene rings is 13. The van der Waals surface area contributed by atoms with Gasteiger partial charge in [-0.3, -0.25) is 0 Å². The van der Waals surface area contributed by atoms with Crippen LogP contribution in [0, 0.1) is 18.3 Å². The van der Waals surface area contributed by atoms with Crippen molar-refractivity contribution in [2.45, 2.75) is 6.92 Å². The lowest BCUT2D eigenvalue weighted by atomic mass is 9.98. The molecule has 0 N–H and O–H groups in total. The van der Waals surface area contributed by atoms with E-state index in [2.05, 4.69) is 225 Å². The Kier molecular flexibility index (Phi) is 8.88. The largest absolute Gasteiger partial charge is 0.456 e. The second-order valence-electron chi connectivity index (χ2n) is 23.8. The standard InChI is InChI=1S/C80H43N5O4/c1-43-77(84-65-34-56-48-22-6-14-30-69(48)86-73(56)38-52(65)53-39-74-57(35-66(53)84)49-23-7-15-31-70(49)87-74)79(82-61-26-10-2-18-44(61)45-19-3-11-27-62(45)82)60(42-81)80(83-63-28-12-4-20-46(63)47-21-5-13-29-64(47)83)78(43)85-67-36-58-50-24-8-16-32-71(50)88-75(58)40-54(67)55-41-76-59(37-68(55)85)51-25-9-17-33-72(51)89-76/h2-41H,1H3. The van der Waals surface area contributed by atoms with E-state index in [1.807, 2.05) is 48.5 Å². The van der Waals surface area contributed by atoms with Gasteiger partial charge in [0.05, 0.1) is 66.9 Å². The molecule has 0 saturated heterocycles. The van der Waals surface area contributed by atoms with Crippen molar-refractivity contribution in [1.82, 2.24) is 18.3 Å². The van der Waals surface area contributed by atoms with Crippen molar-refractivity contribution in [3.05, 3.63) is 254 Å². The maximum absolute atomic E-state index is 13.2. The van der Waals surface area contributed by atoms with Crippen molar-refractivity contribution < 1.29 is 17.7 Å². The van der Waals surface area contributed by atoms with Crippen LogP contribution in [-0.4, -0.2) is 18.3 Å². The molecule has 8 heterocycles. The van der Waals surface area contributed by atoms with Gasteiger partial charge in [-0.2, -0.15) is 5.26 Å². The third-order valence-corrected chi connectivity index (χ3v) is 19.3. The number of nitriles is 1. The summed E-state index contributed by atoms with van der Waals surface area (Å²) in [6, 6.07) is 88.8. The molecule has 0 radical (unpaired) electrons. The summed E-state index contributed by atoms with van der Waals surface area (Å²) in [6.45, 7) is 2.28. The Hall–Kier alpha value is -12.3. The van der Waals surface area contributed by atoms with Crippen LogP contribution < -0.4 is 0 Å². The lowest BCUT2D eigenvalue weighted by molar-refractivity contribution is 0.669. The quantitative estimate of drug-likeness (QED) is 0.175. The first kappa shape index (κ1) is 47.0. The maximum atomic E-state index is 13.2. The van der Waals surface area contributed by atoms with Crippen molar-refractivity contribution in [1.29, 1.82) is 5.26 Å². The molecule has 8 aromatic heterocycles. The van der Waals surface area contributed by atoms with E-state index in [0.29, 0.717) is 5.56 Å². The van der Waals surface area contributed by atoms with Crippen LogP contribution in [0.1, 0.15) is 11.1 Å². The number of aromatic nitrogens is 4. The first-order chi connectivity index (χ1) is 44.0. The second-order valence-corrected chi connectivity index (χ2v) is 23.8. The highest BCUT2D eigenvalue weighted by Crippen LogP contribution is 2.51. The van der Waals surface area contributed by atoms with E-state index < -0.39 is 0 Å². The van der Waals surface area contributed by atoms with Crippen molar-refractivity contribution in [2.75, 3.05) is 0 Å². The molecule has 9 nitrogen and oxygen atoms in total. The number of para-hydroxylation sites is 8. The van der Waals surface area contributed by atoms with Gasteiger partial charge < -0.3 is 35.9 Å². The fourth-order valence-electron chi connectivity index (χ4n) is 15.6. The van der Waals surface area contributed by atoms with Gasteiger partial charge in [0, 0.05) is 91.7 Å². The summed E-state index contributed by atoms with van der Waals surface area (Å²) in [5, 5.41) is 29.4. The van der Waals surface area contributed by atoms with Crippen LogP contribution in [0.5, 0.6) is 0 Å². The third kappa shape index (κ3) is 6.01. The zero-order valence-electron chi connectivity index (χ0n) is 47.5. The minimum atomic E-state index is 0.484. The summed E-state index contributed by atoms with van der Waals surface area (Å²) in [6.07, 6.45) is 0. The Morgan fingerprint density at radius 2 is 0.472 bits per heavy atom. The zero-order valence-corrected chi connectivity index (χ0v) is 47.5. The van der Waals surface area contributed by atoms with E-state index in [4.69, 9.17) is 17.7 Å². The third-order valence-electron chi connectivity index (χ3n) is 19.3. The molecular formula is C80H43N5O4. The van der Waals surface area contributed by atoms with Gasteiger partial charge in [0.2, 0.25) is 0 Å². The molecule has 0 fully saturated rings. The van der Waals surface area contributed by atoms with Crippen molar-refractivity contribution in [3.63, 3.8) is 0 Å². The second kappa shape index (κ2) is 16.8. The molecule has 0 amide bonds. The Morgan fingerprint density at radius 1 is 0.236 bits per heavy atom. The minimum absolute atomic E-state index is 0.484. The number of furan rings is 4. The van der Waals surface area contributed by atoms with Gasteiger partial charge in [0.25, 0.3) is 0 Å². The molecule has 89 heavy (non-hydrogen) atoms. The SMILES string of the molecule is Cc1c(-n2c3cc4c(cc3c3cc5oc6ccccc6c5cc32)oc2ccccc24)c(-n2c3ccccc3c3ccccc32)c(C#N)c(-n2c3ccccc3c3ccccc32)c1-n1c2cc3c(cc2c2cc4oc5ccccc5c4cc21)oc1ccccc13. The van der Waals surface area contributed by atoms with Crippen LogP contribution in [-0.2, 0) is 0 Å². The molecule has 0 unspecified atom stereocenters. The van der Waals surface area contributed by atoms with Crippen LogP contribution in [0.4, 0.5) is 0 Å². The predicted molar refractivity (Wildman–Crippen MR) is 362 cm³/mol. The number of hydrogen-bond donors (Lipinski definition) is 0. The van der Waals surface area contributed by atoms with Gasteiger partial charge in [-0.25, -0.2) is 0 Å². The van der Waals surface area contributed by atoms with Gasteiger partial charge >= 0.3 is 0 Å². The zero-order chi connectivity index (χ0) is 58.1. The van der Waals surface area contributed by atoms with E-state index in [9.17, 15) is 5.26 Å². The highest BCUT2D eigenvalue weighted by atomic mass is 16.3. The molecule has 0 bridgehead atoms. The number of hydrogen-bond acceptors (Lipinski definition) is 5. The minimum Gasteiger partial charge on any atom is -0.456 e. The fraction of sp³-hybridized carbons (Fsp3) is 0.0125. The molecule has 21 aromatic rings. The molecule has 0 spiro atoms. The maximum Gasteiger partial charge on any atom is 0.136 e. The first-order valence-electron chi connectivity index (χ1n) is 30.0. The molecule has 0 aliphatic rings. The highest BCUT2D eigenvalue weighted by molar-refractivity contribution is 6.24. The molecular weight excluding hydrogens is 1090 g/mol. The van der Waals surface area contributed by atoms with Gasteiger partial charge in [0.1, 0.15) is 56.3 Å². The molecule has 0 atom stereocenters. The van der Waals surface area contributed by atoms with Gasteiger partial charge in [-0.15, -0.1) is 0 Å². The van der Waals surface area contributed by atoms with Crippen LogP contribution in [0.15, 0.2) is 260 Å². The smallest absolute Gasteiger partial charge is 0.136 e. The Morgan fingerprint density at radius 3 is 0.742 bits per heavy atom. The lowest BCUT2D eigenvalue weighted by Gasteiger charge is -2.28. The predicted octanol–water partition coefficient (Wildman–Crippen LogP) is 21.9. The Bertz CT molecular complexity index is 6070. The summed E-state index contributed by atoms with van der Waals surface area (Å²) in [7, 11) is 0. The molecule has 13 aromatic carbocycles. The molecule has 0 saturated carbocycles. The number of rotatable bonds is 4. The van der Waals surface area contributed by atoms with Gasteiger partial charge in [0.15, 0.2) is 0 Å². The monoisotopic (exact) mass is 1140 g/mol. The van der Waals surface area contributed by atoms with Crippen LogP contribution >= 0.6 is 0 Å². The number of nitrogens with zero attached hydrogens (tertiary/aromatic N) is 5. The molecule has 21 rings (SSSR count). The van der Waals surface area contributed by atoms with Crippen molar-refractivity contribution in [2.24, 2.45) is 0 Å². The molecule has 412 valence electrons. The topological polar surface area (TPSA) is 96.1 Å². The van der Waals surface area contributed by atoms with E-state index in [1.165, 1.54) is 0 Å². The van der Waals surface area contributed by atoms with E-state index in [-0.39, 0.29) is 0 Å². The average molecular weight is 1140 g/mol. The van der Waals surface area contributed by atoms with Crippen LogP contribution in [0.2, 0.25) is 0 Å². The lowest BCUT2D eigenvalue weighted by Crippen LogP contribution is -2.16. The Labute approximate surface area is 503 Å². The van der Waals surface area contributed by atoms with Crippen LogP contribution in [0.3, 0.4) is 0 Å². The van der Waals surface area contributed by atoms with E-state index >= 15 is 0 Å². The van der Waals surface area contributed by atoms with E-state index in [1.54, 1.807) is 0 Å². The summed E-state index contributed by atoms with van der Waals surface area (Å²) >= 11 is 0. The average Bonchev–Trinajstić information content (AvgIpc) is 1.61. The first-order valence-corrected chi connectivity index (χ1v) is 30.0. The summed E-state index contributed by atoms with van der Waals surface area (Å²) in [4.78, 5) is 0. The van der Waals surface area contributed by atoms with Crippen molar-refractivity contribution in [3.8, 4) is 28.8 Å². The summed E-state index contributed by atoms with van der Waals surface area (Å²) in [5.74, 6) is 0. The molecule has 0 aliphatic heterocycles. The van der Waals surface area contributed by atoms with Crippen molar-refractivity contribution >= 4 is 175 Å². The fourth-order valence-corrected chi connectivity index (χ4v) is 15.6. The van der Waals surface area contributed by atoms with Gasteiger partial charge in [-0.05, 0) is 104 Å². The van der Waals surface area contributed by atoms with Gasteiger partial charge in [-0.1, -0.05) is 146 Å². The summed E-state index contributed by atoms with van der Waals surface area (Å²) < 4.78 is 36.8. The Balaban J connectivity index is 1.06. The molecule has 9 heteroatoms. The summed E-state index contributed by atoms with van der Waals surface area (Å²) in [5.41, 5.74) is 18.6. The number of fused-ring (bicyclic) bond motifs is 24. The molecule has 0 aliphatic carbocycles. The van der Waals surface area contributed by atoms with E-state index in [0.717, 1.165) is 203 Å². The normalized spacial score (nSPS) is 12.5. The highest BCUT2D eigenvalue weighted by Gasteiger charge is 2.34.